The molecule has 2 aliphatic carbocycles. The fourth-order valence-corrected chi connectivity index (χ4v) is 2.50. The maximum atomic E-state index is 14.2. The highest BCUT2D eigenvalue weighted by atomic mass is 19.1. The molecule has 0 unspecified atom stereocenters. The van der Waals surface area contributed by atoms with Crippen molar-refractivity contribution in [3.05, 3.63) is 33.6 Å². The molecule has 0 heterocycles. The number of carboxylic acid groups (broad SMARTS) is 1. The monoisotopic (exact) mass is 294 g/mol. The van der Waals surface area contributed by atoms with Crippen LogP contribution >= 0.6 is 0 Å². The van der Waals surface area contributed by atoms with Gasteiger partial charge in [0.25, 0.3) is 5.69 Å². The number of anilines is 1. The molecule has 2 saturated carbocycles. The zero-order chi connectivity index (χ0) is 15.1. The minimum Gasteiger partial charge on any atom is -0.477 e. The van der Waals surface area contributed by atoms with E-state index in [0.717, 1.165) is 37.8 Å². The van der Waals surface area contributed by atoms with Crippen molar-refractivity contribution in [2.45, 2.75) is 31.7 Å². The first-order valence-electron chi connectivity index (χ1n) is 6.95. The Hall–Kier alpha value is -2.18. The maximum absolute atomic E-state index is 14.2. The number of nitro benzene ring substituents is 1. The van der Waals surface area contributed by atoms with Gasteiger partial charge in [-0.3, -0.25) is 10.1 Å². The first kappa shape index (κ1) is 13.8. The molecular formula is C14H15FN2O4. The van der Waals surface area contributed by atoms with E-state index in [1.807, 2.05) is 4.90 Å². The first-order chi connectivity index (χ1) is 9.97. The van der Waals surface area contributed by atoms with Gasteiger partial charge in [0, 0.05) is 12.6 Å². The van der Waals surface area contributed by atoms with E-state index in [9.17, 15) is 19.3 Å². The minimum atomic E-state index is -1.41. The molecule has 112 valence electrons. The third-order valence-corrected chi connectivity index (χ3v) is 3.94. The summed E-state index contributed by atoms with van der Waals surface area (Å²) in [6, 6.07) is 2.06. The Morgan fingerprint density at radius 2 is 2.05 bits per heavy atom. The molecule has 3 rings (SSSR count). The lowest BCUT2D eigenvalue weighted by Crippen LogP contribution is -2.29. The van der Waals surface area contributed by atoms with Gasteiger partial charge in [0.2, 0.25) is 0 Å². The summed E-state index contributed by atoms with van der Waals surface area (Å²) in [5.41, 5.74) is -0.990. The van der Waals surface area contributed by atoms with Crippen LogP contribution in [0.15, 0.2) is 12.1 Å². The van der Waals surface area contributed by atoms with Gasteiger partial charge in [0.05, 0.1) is 16.7 Å². The molecule has 0 amide bonds. The predicted molar refractivity (Wildman–Crippen MR) is 73.1 cm³/mol. The summed E-state index contributed by atoms with van der Waals surface area (Å²) in [6.07, 6.45) is 4.10. The lowest BCUT2D eigenvalue weighted by atomic mass is 10.1. The van der Waals surface area contributed by atoms with Crippen molar-refractivity contribution < 1.29 is 19.2 Å². The van der Waals surface area contributed by atoms with E-state index in [-0.39, 0.29) is 11.7 Å². The molecule has 7 heteroatoms. The van der Waals surface area contributed by atoms with Gasteiger partial charge < -0.3 is 10.0 Å². The number of hydrogen-bond acceptors (Lipinski definition) is 4. The molecule has 1 aromatic rings. The molecule has 1 N–H and O–H groups in total. The van der Waals surface area contributed by atoms with Crippen LogP contribution in [0.25, 0.3) is 0 Å². The average Bonchev–Trinajstić information content (AvgIpc) is 3.28. The Balaban J connectivity index is 2.01. The summed E-state index contributed by atoms with van der Waals surface area (Å²) in [6.45, 7) is 0.693. The number of carboxylic acids is 1. The Morgan fingerprint density at radius 3 is 2.52 bits per heavy atom. The first-order valence-corrected chi connectivity index (χ1v) is 6.95. The Labute approximate surface area is 120 Å². The Morgan fingerprint density at radius 1 is 1.38 bits per heavy atom. The van der Waals surface area contributed by atoms with Crippen molar-refractivity contribution in [3.8, 4) is 0 Å². The van der Waals surface area contributed by atoms with E-state index in [1.54, 1.807) is 0 Å². The quantitative estimate of drug-likeness (QED) is 0.644. The van der Waals surface area contributed by atoms with Crippen LogP contribution in [0, 0.1) is 21.8 Å². The molecule has 0 aromatic heterocycles. The highest BCUT2D eigenvalue weighted by Crippen LogP contribution is 2.40. The molecule has 0 spiro atoms. The van der Waals surface area contributed by atoms with Gasteiger partial charge in [0.1, 0.15) is 5.56 Å². The predicted octanol–water partition coefficient (Wildman–Crippen LogP) is 2.81. The highest BCUT2D eigenvalue weighted by Gasteiger charge is 2.36. The number of benzene rings is 1. The largest absolute Gasteiger partial charge is 0.477 e. The van der Waals surface area contributed by atoms with E-state index in [4.69, 9.17) is 5.11 Å². The summed E-state index contributed by atoms with van der Waals surface area (Å²) in [4.78, 5) is 23.1. The van der Waals surface area contributed by atoms with Gasteiger partial charge in [-0.25, -0.2) is 9.18 Å². The number of carbonyl (C=O) groups is 1. The molecule has 21 heavy (non-hydrogen) atoms. The van der Waals surface area contributed by atoms with E-state index in [2.05, 4.69) is 0 Å². The van der Waals surface area contributed by atoms with Crippen molar-refractivity contribution in [2.75, 3.05) is 11.4 Å². The molecule has 0 aliphatic heterocycles. The van der Waals surface area contributed by atoms with Gasteiger partial charge in [-0.1, -0.05) is 0 Å². The number of nitrogens with zero attached hydrogens (tertiary/aromatic N) is 2. The second-order valence-electron chi connectivity index (χ2n) is 5.71. The number of hydrogen-bond donors (Lipinski definition) is 1. The van der Waals surface area contributed by atoms with Crippen LogP contribution in [-0.2, 0) is 0 Å². The van der Waals surface area contributed by atoms with Crippen LogP contribution in [0.5, 0.6) is 0 Å². The SMILES string of the molecule is O=C(O)c1cc(N(CC2CC2)C2CC2)c(F)cc1[N+](=O)[O-]. The van der Waals surface area contributed by atoms with Crippen molar-refractivity contribution in [1.82, 2.24) is 0 Å². The maximum Gasteiger partial charge on any atom is 0.342 e. The van der Waals surface area contributed by atoms with Crippen molar-refractivity contribution in [2.24, 2.45) is 5.92 Å². The topological polar surface area (TPSA) is 83.7 Å². The minimum absolute atomic E-state index is 0.174. The fraction of sp³-hybridized carbons (Fsp3) is 0.500. The van der Waals surface area contributed by atoms with Crippen molar-refractivity contribution >= 4 is 17.3 Å². The molecule has 0 atom stereocenters. The van der Waals surface area contributed by atoms with Crippen LogP contribution in [-0.4, -0.2) is 28.6 Å². The zero-order valence-corrected chi connectivity index (χ0v) is 11.3. The fourth-order valence-electron chi connectivity index (χ4n) is 2.50. The molecule has 0 saturated heterocycles. The summed E-state index contributed by atoms with van der Waals surface area (Å²) in [7, 11) is 0. The van der Waals surface area contributed by atoms with Crippen LogP contribution < -0.4 is 4.90 Å². The van der Waals surface area contributed by atoms with Crippen LogP contribution in [0.4, 0.5) is 15.8 Å². The average molecular weight is 294 g/mol. The summed E-state index contributed by atoms with van der Waals surface area (Å²) < 4.78 is 14.2. The van der Waals surface area contributed by atoms with Gasteiger partial charge in [-0.05, 0) is 37.7 Å². The van der Waals surface area contributed by atoms with Gasteiger partial charge in [-0.15, -0.1) is 0 Å². The summed E-state index contributed by atoms with van der Waals surface area (Å²) in [5, 5.41) is 20.0. The van der Waals surface area contributed by atoms with Crippen LogP contribution in [0.1, 0.15) is 36.0 Å². The smallest absolute Gasteiger partial charge is 0.342 e. The molecule has 1 aromatic carbocycles. The molecule has 2 aliphatic rings. The highest BCUT2D eigenvalue weighted by molar-refractivity contribution is 5.93. The van der Waals surface area contributed by atoms with Gasteiger partial charge in [0.15, 0.2) is 5.82 Å². The number of aromatic carboxylic acids is 1. The summed E-state index contributed by atoms with van der Waals surface area (Å²) in [5.74, 6) is -1.61. The second kappa shape index (κ2) is 4.98. The molecule has 2 fully saturated rings. The van der Waals surface area contributed by atoms with Gasteiger partial charge in [-0.2, -0.15) is 0 Å². The third kappa shape index (κ3) is 2.81. The number of rotatable bonds is 6. The van der Waals surface area contributed by atoms with E-state index >= 15 is 0 Å². The van der Waals surface area contributed by atoms with E-state index in [1.165, 1.54) is 0 Å². The lowest BCUT2D eigenvalue weighted by molar-refractivity contribution is -0.385. The van der Waals surface area contributed by atoms with Crippen LogP contribution in [0.2, 0.25) is 0 Å². The second-order valence-corrected chi connectivity index (χ2v) is 5.71. The van der Waals surface area contributed by atoms with Crippen molar-refractivity contribution in [3.63, 3.8) is 0 Å². The number of halogens is 1. The number of nitro groups is 1. The van der Waals surface area contributed by atoms with E-state index in [0.29, 0.717) is 12.5 Å². The van der Waals surface area contributed by atoms with Crippen molar-refractivity contribution in [1.29, 1.82) is 0 Å². The Kier molecular flexibility index (Phi) is 3.27. The molecule has 6 nitrogen and oxygen atoms in total. The zero-order valence-electron chi connectivity index (χ0n) is 11.3. The third-order valence-electron chi connectivity index (χ3n) is 3.94. The standard InChI is InChI=1S/C14H15FN2O4/c15-11-6-12(17(20)21)10(14(18)19)5-13(11)16(9-3-4-9)7-8-1-2-8/h5-6,8-9H,1-4,7H2,(H,18,19). The molecule has 0 bridgehead atoms. The van der Waals surface area contributed by atoms with Gasteiger partial charge >= 0.3 is 5.97 Å². The normalized spacial score (nSPS) is 17.6. The van der Waals surface area contributed by atoms with E-state index < -0.39 is 28.0 Å². The lowest BCUT2D eigenvalue weighted by Gasteiger charge is -2.25. The Bertz CT molecular complexity index is 611. The van der Waals surface area contributed by atoms with Crippen LogP contribution in [0.3, 0.4) is 0 Å². The molecule has 0 radical (unpaired) electrons. The molecular weight excluding hydrogens is 279 g/mol. The summed E-state index contributed by atoms with van der Waals surface area (Å²) >= 11 is 0.